The number of fused-ring (bicyclic) bond motifs is 1. The van der Waals surface area contributed by atoms with Gasteiger partial charge in [-0.15, -0.1) is 0 Å². The molecular weight excluding hydrogens is 346 g/mol. The van der Waals surface area contributed by atoms with E-state index in [1.165, 1.54) is 19.4 Å². The summed E-state index contributed by atoms with van der Waals surface area (Å²) in [7, 11) is 1.49. The summed E-state index contributed by atoms with van der Waals surface area (Å²) >= 11 is 0. The molecular formula is C19H17N5O3. The third-order valence-corrected chi connectivity index (χ3v) is 4.34. The average Bonchev–Trinajstić information content (AvgIpc) is 3.07. The Kier molecular flexibility index (Phi) is 4.00. The summed E-state index contributed by atoms with van der Waals surface area (Å²) in [4.78, 5) is 22.0. The van der Waals surface area contributed by atoms with Crippen molar-refractivity contribution in [2.24, 2.45) is 5.73 Å². The number of aromatic hydroxyl groups is 1. The van der Waals surface area contributed by atoms with E-state index in [2.05, 4.69) is 15.3 Å². The van der Waals surface area contributed by atoms with E-state index in [1.54, 1.807) is 12.1 Å². The van der Waals surface area contributed by atoms with E-state index in [4.69, 9.17) is 10.5 Å². The molecule has 1 unspecified atom stereocenters. The number of phenols is 1. The van der Waals surface area contributed by atoms with Crippen molar-refractivity contribution in [3.63, 3.8) is 0 Å². The summed E-state index contributed by atoms with van der Waals surface area (Å²) in [6, 6.07) is 14.3. The molecule has 0 aliphatic carbocycles. The third-order valence-electron chi connectivity index (χ3n) is 4.34. The zero-order chi connectivity index (χ0) is 19.0. The predicted octanol–water partition coefficient (Wildman–Crippen LogP) is 2.55. The molecule has 8 nitrogen and oxygen atoms in total. The van der Waals surface area contributed by atoms with Crippen molar-refractivity contribution in [3.8, 4) is 11.5 Å². The first-order chi connectivity index (χ1) is 13.1. The molecule has 0 saturated heterocycles. The Morgan fingerprint density at radius 2 is 2.07 bits per heavy atom. The Morgan fingerprint density at radius 3 is 2.81 bits per heavy atom. The molecule has 1 atom stereocenters. The van der Waals surface area contributed by atoms with E-state index < -0.39 is 5.91 Å². The number of nitrogens with two attached hydrogens (primary N) is 1. The number of nitrogens with one attached hydrogen (secondary N) is 1. The van der Waals surface area contributed by atoms with Crippen molar-refractivity contribution >= 4 is 23.2 Å². The Morgan fingerprint density at radius 1 is 1.26 bits per heavy atom. The van der Waals surface area contributed by atoms with Crippen LogP contribution >= 0.6 is 0 Å². The molecule has 1 aliphatic rings. The molecule has 4 N–H and O–H groups in total. The highest BCUT2D eigenvalue weighted by atomic mass is 16.5. The van der Waals surface area contributed by atoms with Crippen molar-refractivity contribution in [1.29, 1.82) is 0 Å². The molecule has 1 aromatic heterocycles. The number of para-hydroxylation sites is 2. The molecule has 8 heteroatoms. The van der Waals surface area contributed by atoms with Crippen molar-refractivity contribution in [2.45, 2.75) is 6.17 Å². The van der Waals surface area contributed by atoms with Crippen LogP contribution in [0.1, 0.15) is 22.2 Å². The first kappa shape index (κ1) is 16.6. The summed E-state index contributed by atoms with van der Waals surface area (Å²) in [5, 5.41) is 13.6. The quantitative estimate of drug-likeness (QED) is 0.653. The van der Waals surface area contributed by atoms with Gasteiger partial charge in [0.2, 0.25) is 5.95 Å². The van der Waals surface area contributed by atoms with Crippen LogP contribution in [0.5, 0.6) is 11.5 Å². The molecule has 3 aromatic rings. The number of methoxy groups -OCH3 is 1. The van der Waals surface area contributed by atoms with Crippen molar-refractivity contribution in [2.75, 3.05) is 17.3 Å². The van der Waals surface area contributed by atoms with Gasteiger partial charge in [-0.3, -0.25) is 9.69 Å². The number of benzene rings is 2. The van der Waals surface area contributed by atoms with E-state index in [-0.39, 0.29) is 17.6 Å². The van der Waals surface area contributed by atoms with Gasteiger partial charge < -0.3 is 20.9 Å². The van der Waals surface area contributed by atoms with E-state index >= 15 is 0 Å². The SMILES string of the molecule is COc1ccc(C2Nc3ccccc3N2c2nccc(C(N)=O)n2)cc1O. The van der Waals surface area contributed by atoms with Crippen LogP contribution in [0.15, 0.2) is 54.7 Å². The lowest BCUT2D eigenvalue weighted by Gasteiger charge is -2.25. The van der Waals surface area contributed by atoms with Gasteiger partial charge in [0, 0.05) is 6.20 Å². The lowest BCUT2D eigenvalue weighted by Crippen LogP contribution is -2.26. The first-order valence-corrected chi connectivity index (χ1v) is 8.23. The number of phenolic OH excluding ortho intramolecular Hbond substituents is 1. The number of primary amides is 1. The Balaban J connectivity index is 1.83. The number of hydrogen-bond donors (Lipinski definition) is 3. The fourth-order valence-electron chi connectivity index (χ4n) is 3.09. The molecule has 2 aromatic carbocycles. The topological polar surface area (TPSA) is 114 Å². The normalized spacial score (nSPS) is 15.1. The fourth-order valence-corrected chi connectivity index (χ4v) is 3.09. The molecule has 0 bridgehead atoms. The average molecular weight is 363 g/mol. The summed E-state index contributed by atoms with van der Waals surface area (Å²) in [5.41, 5.74) is 7.99. The van der Waals surface area contributed by atoms with Crippen LogP contribution in [-0.4, -0.2) is 28.1 Å². The van der Waals surface area contributed by atoms with Gasteiger partial charge in [0.15, 0.2) is 11.5 Å². The van der Waals surface area contributed by atoms with Crippen LogP contribution in [0.25, 0.3) is 0 Å². The minimum absolute atomic E-state index is 0.0273. The monoisotopic (exact) mass is 363 g/mol. The van der Waals surface area contributed by atoms with Gasteiger partial charge in [-0.2, -0.15) is 0 Å². The van der Waals surface area contributed by atoms with Gasteiger partial charge >= 0.3 is 0 Å². The van der Waals surface area contributed by atoms with E-state index in [0.717, 1.165) is 16.9 Å². The van der Waals surface area contributed by atoms with Gasteiger partial charge in [-0.25, -0.2) is 9.97 Å². The predicted molar refractivity (Wildman–Crippen MR) is 100 cm³/mol. The van der Waals surface area contributed by atoms with Gasteiger partial charge in [-0.1, -0.05) is 18.2 Å². The number of nitrogens with zero attached hydrogens (tertiary/aromatic N) is 3. The van der Waals surface area contributed by atoms with Crippen LogP contribution in [0, 0.1) is 0 Å². The smallest absolute Gasteiger partial charge is 0.267 e. The van der Waals surface area contributed by atoms with Crippen LogP contribution in [0.2, 0.25) is 0 Å². The van der Waals surface area contributed by atoms with Crippen molar-refractivity contribution in [1.82, 2.24) is 9.97 Å². The fraction of sp³-hybridized carbons (Fsp3) is 0.105. The highest BCUT2D eigenvalue weighted by Crippen LogP contribution is 2.45. The van der Waals surface area contributed by atoms with E-state index in [0.29, 0.717) is 11.7 Å². The molecule has 136 valence electrons. The van der Waals surface area contributed by atoms with Crippen molar-refractivity contribution < 1.29 is 14.6 Å². The Hall–Kier alpha value is -3.81. The van der Waals surface area contributed by atoms with E-state index in [1.807, 2.05) is 35.2 Å². The third kappa shape index (κ3) is 2.86. The van der Waals surface area contributed by atoms with Gasteiger partial charge in [0.25, 0.3) is 5.91 Å². The zero-order valence-electron chi connectivity index (χ0n) is 14.5. The molecule has 2 heterocycles. The summed E-state index contributed by atoms with van der Waals surface area (Å²) in [5.74, 6) is 0.106. The second kappa shape index (κ2) is 6.49. The van der Waals surface area contributed by atoms with Gasteiger partial charge in [0.05, 0.1) is 18.5 Å². The van der Waals surface area contributed by atoms with Crippen molar-refractivity contribution in [3.05, 3.63) is 66.0 Å². The summed E-state index contributed by atoms with van der Waals surface area (Å²) in [6.07, 6.45) is 1.11. The maximum absolute atomic E-state index is 11.5. The zero-order valence-corrected chi connectivity index (χ0v) is 14.5. The van der Waals surface area contributed by atoms with Gasteiger partial charge in [-0.05, 0) is 35.9 Å². The molecule has 0 radical (unpaired) electrons. The van der Waals surface area contributed by atoms with E-state index in [9.17, 15) is 9.90 Å². The second-order valence-corrected chi connectivity index (χ2v) is 5.97. The first-order valence-electron chi connectivity index (χ1n) is 8.23. The Bertz CT molecular complexity index is 1020. The summed E-state index contributed by atoms with van der Waals surface area (Å²) < 4.78 is 5.12. The number of ether oxygens (including phenoxy) is 1. The van der Waals surface area contributed by atoms with Crippen LogP contribution in [0.4, 0.5) is 17.3 Å². The maximum atomic E-state index is 11.5. The number of hydrogen-bond acceptors (Lipinski definition) is 7. The number of carbonyl (C=O) groups is 1. The minimum atomic E-state index is -0.627. The molecule has 0 fully saturated rings. The lowest BCUT2D eigenvalue weighted by atomic mass is 10.1. The highest BCUT2D eigenvalue weighted by Gasteiger charge is 2.33. The Labute approximate surface area is 155 Å². The maximum Gasteiger partial charge on any atom is 0.267 e. The van der Waals surface area contributed by atoms with Crippen LogP contribution in [0.3, 0.4) is 0 Å². The molecule has 1 aliphatic heterocycles. The lowest BCUT2D eigenvalue weighted by molar-refractivity contribution is 0.0995. The number of carbonyl (C=O) groups excluding carboxylic acids is 1. The summed E-state index contributed by atoms with van der Waals surface area (Å²) in [6.45, 7) is 0. The number of rotatable bonds is 4. The highest BCUT2D eigenvalue weighted by molar-refractivity contribution is 5.91. The molecule has 27 heavy (non-hydrogen) atoms. The molecule has 0 saturated carbocycles. The standard InChI is InChI=1S/C19H17N5O3/c1-27-16-7-6-11(10-15(16)25)18-22-12-4-2-3-5-14(12)24(18)19-21-9-8-13(23-19)17(20)26/h2-10,18,22,25H,1H3,(H2,20,26). The largest absolute Gasteiger partial charge is 0.504 e. The molecule has 0 spiro atoms. The van der Waals surface area contributed by atoms with Crippen LogP contribution < -0.4 is 20.7 Å². The van der Waals surface area contributed by atoms with Crippen LogP contribution in [-0.2, 0) is 0 Å². The minimum Gasteiger partial charge on any atom is -0.504 e. The molecule has 4 rings (SSSR count). The number of anilines is 3. The number of aromatic nitrogens is 2. The molecule has 1 amide bonds. The second-order valence-electron chi connectivity index (χ2n) is 5.97. The van der Waals surface area contributed by atoms with Gasteiger partial charge in [0.1, 0.15) is 11.9 Å². The number of amides is 1.